The molecule has 2 nitrogen and oxygen atoms in total. The second-order valence-corrected chi connectivity index (χ2v) is 7.16. The van der Waals surface area contributed by atoms with Gasteiger partial charge in [-0.05, 0) is 43.0 Å². The fourth-order valence-corrected chi connectivity index (χ4v) is 4.18. The molecule has 0 saturated heterocycles. The van der Waals surface area contributed by atoms with E-state index in [0.717, 1.165) is 17.2 Å². The zero-order chi connectivity index (χ0) is 15.9. The summed E-state index contributed by atoms with van der Waals surface area (Å²) in [5.41, 5.74) is 1.73. The summed E-state index contributed by atoms with van der Waals surface area (Å²) in [6, 6.07) is 15.6. The van der Waals surface area contributed by atoms with Crippen molar-refractivity contribution in [1.29, 1.82) is 0 Å². The monoisotopic (exact) mass is 325 g/mol. The zero-order valence-corrected chi connectivity index (χ0v) is 14.1. The Kier molecular flexibility index (Phi) is 5.76. The molecule has 2 aromatic carbocycles. The predicted molar refractivity (Wildman–Crippen MR) is 99.1 cm³/mol. The largest absolute Gasteiger partial charge is 0.507 e. The zero-order valence-electron chi connectivity index (χ0n) is 13.3. The maximum absolute atomic E-state index is 9.83. The van der Waals surface area contributed by atoms with Gasteiger partial charge < -0.3 is 5.11 Å². The van der Waals surface area contributed by atoms with E-state index >= 15 is 0 Å². The van der Waals surface area contributed by atoms with Crippen molar-refractivity contribution in [3.05, 3.63) is 54.1 Å². The van der Waals surface area contributed by atoms with Crippen molar-refractivity contribution < 1.29 is 5.11 Å². The van der Waals surface area contributed by atoms with Gasteiger partial charge in [-0.25, -0.2) is 0 Å². The van der Waals surface area contributed by atoms with Gasteiger partial charge in [-0.3, -0.25) is 4.99 Å². The molecule has 0 amide bonds. The summed E-state index contributed by atoms with van der Waals surface area (Å²) >= 11 is 1.92. The molecule has 1 N–H and O–H groups in total. The highest BCUT2D eigenvalue weighted by atomic mass is 32.2. The molecule has 0 heterocycles. The van der Waals surface area contributed by atoms with E-state index in [1.165, 1.54) is 42.8 Å². The van der Waals surface area contributed by atoms with Crippen LogP contribution in [-0.2, 0) is 0 Å². The summed E-state index contributed by atoms with van der Waals surface area (Å²) in [5.74, 6) is 2.30. The van der Waals surface area contributed by atoms with Crippen LogP contribution in [0.25, 0.3) is 0 Å². The minimum atomic E-state index is 0.267. The van der Waals surface area contributed by atoms with E-state index in [2.05, 4.69) is 17.1 Å². The van der Waals surface area contributed by atoms with E-state index in [9.17, 15) is 5.11 Å². The number of rotatable bonds is 5. The number of aromatic hydroxyl groups is 1. The highest BCUT2D eigenvalue weighted by Gasteiger charge is 2.14. The number of aliphatic imine (C=N–C) groups is 1. The van der Waals surface area contributed by atoms with Crippen molar-refractivity contribution in [2.45, 2.75) is 37.0 Å². The van der Waals surface area contributed by atoms with Crippen LogP contribution in [0.2, 0.25) is 0 Å². The number of thioether (sulfide) groups is 1. The molecule has 1 aliphatic rings. The lowest BCUT2D eigenvalue weighted by molar-refractivity contribution is 0.391. The molecule has 1 fully saturated rings. The molecule has 0 aromatic heterocycles. The van der Waals surface area contributed by atoms with Crippen LogP contribution in [0.15, 0.2) is 58.4 Å². The van der Waals surface area contributed by atoms with E-state index < -0.39 is 0 Å². The summed E-state index contributed by atoms with van der Waals surface area (Å²) in [6.45, 7) is 0. The Balaban J connectivity index is 1.69. The Morgan fingerprint density at radius 3 is 2.57 bits per heavy atom. The molecule has 120 valence electrons. The molecule has 1 saturated carbocycles. The highest BCUT2D eigenvalue weighted by Crippen LogP contribution is 2.34. The number of hydrogen-bond acceptors (Lipinski definition) is 3. The number of nitrogens with zero attached hydrogens (tertiary/aromatic N) is 1. The molecule has 0 unspecified atom stereocenters. The summed E-state index contributed by atoms with van der Waals surface area (Å²) in [5, 5.41) is 9.83. The van der Waals surface area contributed by atoms with Crippen molar-refractivity contribution >= 4 is 23.7 Å². The van der Waals surface area contributed by atoms with Gasteiger partial charge in [0.1, 0.15) is 5.75 Å². The summed E-state index contributed by atoms with van der Waals surface area (Å²) in [4.78, 5) is 5.82. The lowest BCUT2D eigenvalue weighted by Crippen LogP contribution is -2.08. The van der Waals surface area contributed by atoms with Crippen molar-refractivity contribution in [3.63, 3.8) is 0 Å². The number of benzene rings is 2. The number of para-hydroxylation sites is 2. The Bertz CT molecular complexity index is 662. The number of phenols is 1. The van der Waals surface area contributed by atoms with Crippen LogP contribution in [-0.4, -0.2) is 17.1 Å². The van der Waals surface area contributed by atoms with Crippen LogP contribution in [0.4, 0.5) is 5.69 Å². The number of phenolic OH excluding ortho intramolecular Hbond substituents is 1. The van der Waals surface area contributed by atoms with E-state index in [4.69, 9.17) is 0 Å². The molecular formula is C20H23NOS. The first-order valence-corrected chi connectivity index (χ1v) is 9.35. The van der Waals surface area contributed by atoms with Crippen LogP contribution < -0.4 is 0 Å². The van der Waals surface area contributed by atoms with Crippen LogP contribution in [0.1, 0.15) is 37.7 Å². The van der Waals surface area contributed by atoms with Crippen molar-refractivity contribution in [2.24, 2.45) is 10.9 Å². The first-order valence-electron chi connectivity index (χ1n) is 8.37. The maximum atomic E-state index is 9.83. The maximum Gasteiger partial charge on any atom is 0.124 e. The molecule has 3 heteroatoms. The molecule has 0 atom stereocenters. The topological polar surface area (TPSA) is 32.6 Å². The molecule has 2 aromatic rings. The molecule has 0 spiro atoms. The van der Waals surface area contributed by atoms with Gasteiger partial charge in [0.25, 0.3) is 0 Å². The second kappa shape index (κ2) is 8.21. The first kappa shape index (κ1) is 16.1. The van der Waals surface area contributed by atoms with Crippen molar-refractivity contribution in [1.82, 2.24) is 0 Å². The fraction of sp³-hybridized carbons (Fsp3) is 0.350. The normalized spacial score (nSPS) is 16.0. The minimum absolute atomic E-state index is 0.267. The van der Waals surface area contributed by atoms with Gasteiger partial charge in [-0.15, -0.1) is 11.8 Å². The molecule has 3 rings (SSSR count). The van der Waals surface area contributed by atoms with Gasteiger partial charge in [-0.1, -0.05) is 43.5 Å². The molecule has 23 heavy (non-hydrogen) atoms. The lowest BCUT2D eigenvalue weighted by atomic mass is 9.91. The van der Waals surface area contributed by atoms with E-state index in [-0.39, 0.29) is 5.75 Å². The average Bonchev–Trinajstić information content (AvgIpc) is 2.61. The predicted octanol–water partition coefficient (Wildman–Crippen LogP) is 5.82. The van der Waals surface area contributed by atoms with Crippen LogP contribution in [0, 0.1) is 5.92 Å². The number of hydrogen-bond donors (Lipinski definition) is 1. The summed E-state index contributed by atoms with van der Waals surface area (Å²) in [6.07, 6.45) is 8.67. The third-order valence-electron chi connectivity index (χ3n) is 4.34. The van der Waals surface area contributed by atoms with Crippen LogP contribution in [0.3, 0.4) is 0 Å². The van der Waals surface area contributed by atoms with Gasteiger partial charge in [0.15, 0.2) is 0 Å². The highest BCUT2D eigenvalue weighted by molar-refractivity contribution is 7.99. The third kappa shape index (κ3) is 4.61. The Morgan fingerprint density at radius 2 is 1.74 bits per heavy atom. The van der Waals surface area contributed by atoms with Crippen molar-refractivity contribution in [3.8, 4) is 5.75 Å². The molecule has 0 bridgehead atoms. The minimum Gasteiger partial charge on any atom is -0.507 e. The Labute approximate surface area is 142 Å². The van der Waals surface area contributed by atoms with Gasteiger partial charge in [0.2, 0.25) is 0 Å². The summed E-state index contributed by atoms with van der Waals surface area (Å²) < 4.78 is 0. The molecule has 0 radical (unpaired) electrons. The van der Waals surface area contributed by atoms with E-state index in [1.54, 1.807) is 12.3 Å². The van der Waals surface area contributed by atoms with Gasteiger partial charge in [0.05, 0.1) is 5.69 Å². The van der Waals surface area contributed by atoms with Crippen LogP contribution >= 0.6 is 11.8 Å². The Morgan fingerprint density at radius 1 is 1.00 bits per heavy atom. The van der Waals surface area contributed by atoms with E-state index in [0.29, 0.717) is 0 Å². The first-order chi connectivity index (χ1) is 11.3. The van der Waals surface area contributed by atoms with Gasteiger partial charge in [-0.2, -0.15) is 0 Å². The fourth-order valence-electron chi connectivity index (χ4n) is 2.98. The SMILES string of the molecule is Oc1ccccc1C=Nc1ccccc1SCC1CCCCC1. The summed E-state index contributed by atoms with van der Waals surface area (Å²) in [7, 11) is 0. The van der Waals surface area contributed by atoms with Gasteiger partial charge in [0, 0.05) is 22.4 Å². The lowest BCUT2D eigenvalue weighted by Gasteiger charge is -2.21. The smallest absolute Gasteiger partial charge is 0.124 e. The standard InChI is InChI=1S/C20H23NOS/c22-19-12-6-4-10-17(19)14-21-18-11-5-7-13-20(18)23-15-16-8-2-1-3-9-16/h4-7,10-14,16,22H,1-3,8-9,15H2. The Hall–Kier alpha value is -1.74. The van der Waals surface area contributed by atoms with Gasteiger partial charge >= 0.3 is 0 Å². The third-order valence-corrected chi connectivity index (χ3v) is 5.64. The second-order valence-electron chi connectivity index (χ2n) is 6.10. The quantitative estimate of drug-likeness (QED) is 0.555. The van der Waals surface area contributed by atoms with Crippen molar-refractivity contribution in [2.75, 3.05) is 5.75 Å². The van der Waals surface area contributed by atoms with E-state index in [1.807, 2.05) is 42.1 Å². The average molecular weight is 325 g/mol. The van der Waals surface area contributed by atoms with Crippen LogP contribution in [0.5, 0.6) is 5.75 Å². The molecule has 0 aliphatic heterocycles. The molecule has 1 aliphatic carbocycles. The molecular weight excluding hydrogens is 302 g/mol.